The fraction of sp³-hybridized carbons (Fsp3) is 0.160. The molecule has 0 saturated heterocycles. The Bertz CT molecular complexity index is 1240. The quantitative estimate of drug-likeness (QED) is 0.430. The summed E-state index contributed by atoms with van der Waals surface area (Å²) >= 11 is 1.51. The van der Waals surface area contributed by atoms with Crippen LogP contribution in [0.25, 0.3) is 10.6 Å². The smallest absolute Gasteiger partial charge is 0.250 e. The Morgan fingerprint density at radius 2 is 1.84 bits per heavy atom. The number of carbonyl (C=O) groups is 1. The zero-order valence-electron chi connectivity index (χ0n) is 17.7. The minimum Gasteiger partial charge on any atom is -0.494 e. The highest BCUT2D eigenvalue weighted by Gasteiger charge is 2.10. The molecular weight excluding hydrogens is 422 g/mol. The fourth-order valence-electron chi connectivity index (χ4n) is 3.23. The van der Waals surface area contributed by atoms with Crippen LogP contribution in [0.15, 0.2) is 83.1 Å². The Balaban J connectivity index is 1.34. The first kappa shape index (κ1) is 21.5. The molecule has 0 bridgehead atoms. The van der Waals surface area contributed by atoms with E-state index in [4.69, 9.17) is 4.74 Å². The first-order valence-corrected chi connectivity index (χ1v) is 11.2. The molecule has 0 aliphatic rings. The van der Waals surface area contributed by atoms with E-state index < -0.39 is 0 Å². The SMILES string of the molecule is CCOc1ccc(-c2nc(CC(=O)Nc3ccc(Cn4ccccc4=O)cc3)cs2)cc1. The average molecular weight is 446 g/mol. The maximum Gasteiger partial charge on any atom is 0.250 e. The largest absolute Gasteiger partial charge is 0.494 e. The second-order valence-corrected chi connectivity index (χ2v) is 8.05. The standard InChI is InChI=1S/C25H23N3O3S/c1-2-31-22-12-8-19(9-13-22)25-27-21(17-32-25)15-23(29)26-20-10-6-18(7-11-20)16-28-14-4-3-5-24(28)30/h3-14,17H,2,15-16H2,1H3,(H,26,29). The van der Waals surface area contributed by atoms with Gasteiger partial charge in [-0.2, -0.15) is 0 Å². The van der Waals surface area contributed by atoms with Crippen molar-refractivity contribution in [2.45, 2.75) is 19.9 Å². The number of ether oxygens (including phenoxy) is 1. The lowest BCUT2D eigenvalue weighted by Crippen LogP contribution is -2.18. The van der Waals surface area contributed by atoms with Gasteiger partial charge in [0.05, 0.1) is 25.3 Å². The van der Waals surface area contributed by atoms with Gasteiger partial charge in [-0.05, 0) is 55.0 Å². The number of rotatable bonds is 8. The molecule has 0 unspecified atom stereocenters. The topological polar surface area (TPSA) is 73.2 Å². The number of aromatic nitrogens is 2. The third-order valence-electron chi connectivity index (χ3n) is 4.80. The molecule has 1 amide bonds. The van der Waals surface area contributed by atoms with Crippen molar-refractivity contribution < 1.29 is 9.53 Å². The summed E-state index contributed by atoms with van der Waals surface area (Å²) in [6, 6.07) is 20.4. The number of thiazole rings is 1. The second-order valence-electron chi connectivity index (χ2n) is 7.19. The fourth-order valence-corrected chi connectivity index (χ4v) is 4.06. The molecule has 0 saturated carbocycles. The van der Waals surface area contributed by atoms with Crippen molar-refractivity contribution >= 4 is 22.9 Å². The minimum atomic E-state index is -0.124. The van der Waals surface area contributed by atoms with Gasteiger partial charge in [0.1, 0.15) is 10.8 Å². The molecule has 2 heterocycles. The highest BCUT2D eigenvalue weighted by Crippen LogP contribution is 2.26. The predicted molar refractivity (Wildman–Crippen MR) is 127 cm³/mol. The van der Waals surface area contributed by atoms with Gasteiger partial charge in [-0.3, -0.25) is 9.59 Å². The maximum atomic E-state index is 12.5. The molecule has 7 heteroatoms. The lowest BCUT2D eigenvalue weighted by Gasteiger charge is -2.08. The maximum absolute atomic E-state index is 12.5. The molecule has 4 rings (SSSR count). The Hall–Kier alpha value is -3.71. The van der Waals surface area contributed by atoms with E-state index in [0.29, 0.717) is 18.8 Å². The van der Waals surface area contributed by atoms with E-state index in [1.807, 2.05) is 66.9 Å². The lowest BCUT2D eigenvalue weighted by molar-refractivity contribution is -0.115. The number of hydrogen-bond donors (Lipinski definition) is 1. The van der Waals surface area contributed by atoms with Crippen LogP contribution in [0.3, 0.4) is 0 Å². The van der Waals surface area contributed by atoms with Gasteiger partial charge >= 0.3 is 0 Å². The van der Waals surface area contributed by atoms with E-state index in [0.717, 1.165) is 27.6 Å². The Kier molecular flexibility index (Phi) is 6.77. The molecule has 6 nitrogen and oxygen atoms in total. The van der Waals surface area contributed by atoms with Crippen LogP contribution in [0.4, 0.5) is 5.69 Å². The van der Waals surface area contributed by atoms with Crippen LogP contribution < -0.4 is 15.6 Å². The molecular formula is C25H23N3O3S. The van der Waals surface area contributed by atoms with Gasteiger partial charge in [0, 0.05) is 28.9 Å². The highest BCUT2D eigenvalue weighted by molar-refractivity contribution is 7.13. The number of amides is 1. The summed E-state index contributed by atoms with van der Waals surface area (Å²) in [6.07, 6.45) is 1.96. The van der Waals surface area contributed by atoms with Crippen molar-refractivity contribution in [1.82, 2.24) is 9.55 Å². The second kappa shape index (κ2) is 10.1. The number of carbonyl (C=O) groups excluding carboxylic acids is 1. The van der Waals surface area contributed by atoms with Gasteiger partial charge in [0.2, 0.25) is 5.91 Å². The van der Waals surface area contributed by atoms with Crippen molar-refractivity contribution in [1.29, 1.82) is 0 Å². The third kappa shape index (κ3) is 5.50. The van der Waals surface area contributed by atoms with Crippen LogP contribution in [0.1, 0.15) is 18.2 Å². The summed E-state index contributed by atoms with van der Waals surface area (Å²) in [4.78, 5) is 28.9. The molecule has 0 spiro atoms. The molecule has 4 aromatic rings. The molecule has 1 N–H and O–H groups in total. The molecule has 0 aliphatic carbocycles. The molecule has 2 aromatic carbocycles. The number of hydrogen-bond acceptors (Lipinski definition) is 5. The van der Waals surface area contributed by atoms with E-state index in [2.05, 4.69) is 10.3 Å². The number of benzene rings is 2. The summed E-state index contributed by atoms with van der Waals surface area (Å²) < 4.78 is 7.11. The molecule has 0 aliphatic heterocycles. The minimum absolute atomic E-state index is 0.0438. The van der Waals surface area contributed by atoms with E-state index >= 15 is 0 Å². The van der Waals surface area contributed by atoms with Gasteiger partial charge in [-0.15, -0.1) is 11.3 Å². The molecule has 162 valence electrons. The Morgan fingerprint density at radius 1 is 1.06 bits per heavy atom. The molecule has 0 atom stereocenters. The van der Waals surface area contributed by atoms with Crippen molar-refractivity contribution in [3.05, 3.63) is 99.9 Å². The van der Waals surface area contributed by atoms with Crippen molar-refractivity contribution in [2.75, 3.05) is 11.9 Å². The lowest BCUT2D eigenvalue weighted by atomic mass is 10.2. The molecule has 0 fully saturated rings. The molecule has 0 radical (unpaired) electrons. The van der Waals surface area contributed by atoms with Crippen molar-refractivity contribution in [2.24, 2.45) is 0 Å². The number of nitrogens with zero attached hydrogens (tertiary/aromatic N) is 2. The van der Waals surface area contributed by atoms with Crippen LogP contribution in [-0.4, -0.2) is 22.1 Å². The van der Waals surface area contributed by atoms with Gasteiger partial charge in [0.25, 0.3) is 5.56 Å². The summed E-state index contributed by atoms with van der Waals surface area (Å²) in [5, 5.41) is 5.68. The summed E-state index contributed by atoms with van der Waals surface area (Å²) in [5.74, 6) is 0.704. The number of anilines is 1. The van der Waals surface area contributed by atoms with E-state index in [9.17, 15) is 9.59 Å². The first-order valence-electron chi connectivity index (χ1n) is 10.3. The van der Waals surface area contributed by atoms with E-state index in [1.54, 1.807) is 16.8 Å². The van der Waals surface area contributed by atoms with Gasteiger partial charge < -0.3 is 14.6 Å². The van der Waals surface area contributed by atoms with Crippen LogP contribution in [0.2, 0.25) is 0 Å². The summed E-state index contributed by atoms with van der Waals surface area (Å²) in [6.45, 7) is 3.07. The zero-order chi connectivity index (χ0) is 22.3. The van der Waals surface area contributed by atoms with Crippen LogP contribution in [0.5, 0.6) is 5.75 Å². The zero-order valence-corrected chi connectivity index (χ0v) is 18.5. The Labute approximate surface area is 190 Å². The summed E-state index contributed by atoms with van der Waals surface area (Å²) in [7, 11) is 0. The van der Waals surface area contributed by atoms with Crippen LogP contribution in [0, 0.1) is 0 Å². The van der Waals surface area contributed by atoms with E-state index in [1.165, 1.54) is 17.4 Å². The van der Waals surface area contributed by atoms with Gasteiger partial charge in [-0.1, -0.05) is 18.2 Å². The summed E-state index contributed by atoms with van der Waals surface area (Å²) in [5.41, 5.74) is 3.38. The van der Waals surface area contributed by atoms with Crippen LogP contribution >= 0.6 is 11.3 Å². The predicted octanol–water partition coefficient (Wildman–Crippen LogP) is 4.60. The van der Waals surface area contributed by atoms with Gasteiger partial charge in [-0.25, -0.2) is 4.98 Å². The molecule has 32 heavy (non-hydrogen) atoms. The highest BCUT2D eigenvalue weighted by atomic mass is 32.1. The van der Waals surface area contributed by atoms with Crippen LogP contribution in [-0.2, 0) is 17.8 Å². The third-order valence-corrected chi connectivity index (χ3v) is 5.74. The molecule has 2 aromatic heterocycles. The normalized spacial score (nSPS) is 10.7. The van der Waals surface area contributed by atoms with Crippen molar-refractivity contribution in [3.63, 3.8) is 0 Å². The number of pyridine rings is 1. The first-order chi connectivity index (χ1) is 15.6. The monoisotopic (exact) mass is 445 g/mol. The van der Waals surface area contributed by atoms with Gasteiger partial charge in [0.15, 0.2) is 0 Å². The Morgan fingerprint density at radius 3 is 2.56 bits per heavy atom. The number of nitrogens with one attached hydrogen (secondary N) is 1. The average Bonchev–Trinajstić information content (AvgIpc) is 3.26. The van der Waals surface area contributed by atoms with E-state index in [-0.39, 0.29) is 17.9 Å². The van der Waals surface area contributed by atoms with Crippen molar-refractivity contribution in [3.8, 4) is 16.3 Å².